The van der Waals surface area contributed by atoms with Crippen LogP contribution in [0.25, 0.3) is 0 Å². The molecule has 1 aliphatic rings. The lowest BCUT2D eigenvalue weighted by molar-refractivity contribution is -0.402. The van der Waals surface area contributed by atoms with E-state index in [1.165, 1.54) is 37.1 Å². The minimum absolute atomic E-state index is 0.128. The van der Waals surface area contributed by atoms with Crippen LogP contribution in [-0.2, 0) is 4.79 Å². The molecule has 194 valence electrons. The van der Waals surface area contributed by atoms with Crippen molar-refractivity contribution >= 4 is 29.5 Å². The number of rotatable bonds is 13. The van der Waals surface area contributed by atoms with Gasteiger partial charge in [-0.2, -0.15) is 11.8 Å². The molecule has 2 aromatic rings. The summed E-state index contributed by atoms with van der Waals surface area (Å²) in [5.74, 6) is -0.00464. The average molecular weight is 517 g/mol. The van der Waals surface area contributed by atoms with Gasteiger partial charge in [0.15, 0.2) is 12.0 Å². The molecule has 1 aromatic heterocycles. The van der Waals surface area contributed by atoms with Crippen molar-refractivity contribution in [2.75, 3.05) is 37.7 Å². The summed E-state index contributed by atoms with van der Waals surface area (Å²) >= 11 is 1.35. The number of carbonyl (C=O) groups excluding carboxylic acids is 2. The number of thioether (sulfide) groups is 1. The van der Waals surface area contributed by atoms with Crippen LogP contribution < -0.4 is 15.4 Å². The number of likely N-dealkylation sites (tertiary alicyclic amines) is 1. The summed E-state index contributed by atoms with van der Waals surface area (Å²) in [6.45, 7) is 5.35. The van der Waals surface area contributed by atoms with Crippen LogP contribution in [0.4, 0.5) is 5.88 Å². The van der Waals surface area contributed by atoms with Gasteiger partial charge >= 0.3 is 5.88 Å². The summed E-state index contributed by atoms with van der Waals surface area (Å²) < 4.78 is 10.9. The maximum Gasteiger partial charge on any atom is 0.433 e. The third-order valence-electron chi connectivity index (χ3n) is 5.43. The Morgan fingerprint density at radius 2 is 1.94 bits per heavy atom. The van der Waals surface area contributed by atoms with Crippen molar-refractivity contribution in [3.63, 3.8) is 0 Å². The van der Waals surface area contributed by atoms with Crippen molar-refractivity contribution < 1.29 is 23.7 Å². The number of nitro groups is 1. The lowest BCUT2D eigenvalue weighted by Gasteiger charge is -2.27. The number of carbonyl (C=O) groups is 2. The lowest BCUT2D eigenvalue weighted by atomic mass is 10.1. The smallest absolute Gasteiger partial charge is 0.433 e. The standard InChI is InChI=1S/C25H32N4O6S/c1-19(17-28-13-6-3-7-14-28)16-23(34-20-8-4-2-5-9-20)27-22(30)18-36-15-12-26-25(31)21-10-11-24(35-21)29(32)33/h2,4-5,8-11,16,23H,3,6-7,12-15,17-18H2,1H3,(H,26,31)(H,27,30)/b19-16-. The number of para-hydroxylation sites is 1. The molecule has 2 heterocycles. The fourth-order valence-corrected chi connectivity index (χ4v) is 4.43. The molecule has 1 saturated heterocycles. The molecule has 0 bridgehead atoms. The normalized spacial score (nSPS) is 15.2. The molecule has 3 rings (SSSR count). The van der Waals surface area contributed by atoms with Crippen molar-refractivity contribution in [3.8, 4) is 5.75 Å². The Labute approximate surface area is 214 Å². The van der Waals surface area contributed by atoms with E-state index in [9.17, 15) is 19.7 Å². The predicted octanol–water partition coefficient (Wildman–Crippen LogP) is 3.60. The molecule has 0 spiro atoms. The molecular weight excluding hydrogens is 484 g/mol. The van der Waals surface area contributed by atoms with Crippen LogP contribution >= 0.6 is 11.8 Å². The van der Waals surface area contributed by atoms with Gasteiger partial charge in [0.25, 0.3) is 5.91 Å². The van der Waals surface area contributed by atoms with Gasteiger partial charge < -0.3 is 19.8 Å². The molecule has 1 aromatic carbocycles. The van der Waals surface area contributed by atoms with E-state index in [2.05, 4.69) is 15.5 Å². The highest BCUT2D eigenvalue weighted by Gasteiger charge is 2.17. The molecule has 2 amide bonds. The van der Waals surface area contributed by atoms with Crippen LogP contribution in [0.1, 0.15) is 36.7 Å². The van der Waals surface area contributed by atoms with E-state index in [1.807, 2.05) is 43.3 Å². The van der Waals surface area contributed by atoms with Gasteiger partial charge in [-0.25, -0.2) is 0 Å². The summed E-state index contributed by atoms with van der Waals surface area (Å²) in [7, 11) is 0. The molecule has 0 saturated carbocycles. The Balaban J connectivity index is 1.44. The van der Waals surface area contributed by atoms with Gasteiger partial charge in [0, 0.05) is 18.8 Å². The Bertz CT molecular complexity index is 1040. The van der Waals surface area contributed by atoms with E-state index >= 15 is 0 Å². The number of ether oxygens (including phenoxy) is 1. The molecule has 1 aliphatic heterocycles. The fourth-order valence-electron chi connectivity index (χ4n) is 3.77. The molecule has 1 atom stereocenters. The molecule has 0 radical (unpaired) electrons. The quantitative estimate of drug-likeness (QED) is 0.136. The Morgan fingerprint density at radius 1 is 1.19 bits per heavy atom. The van der Waals surface area contributed by atoms with Crippen molar-refractivity contribution in [1.29, 1.82) is 0 Å². The minimum atomic E-state index is -0.704. The monoisotopic (exact) mass is 516 g/mol. The molecule has 1 fully saturated rings. The minimum Gasteiger partial charge on any atom is -0.467 e. The fraction of sp³-hybridized carbons (Fsp3) is 0.440. The van der Waals surface area contributed by atoms with Crippen LogP contribution in [0.3, 0.4) is 0 Å². The number of furan rings is 1. The van der Waals surface area contributed by atoms with E-state index in [0.29, 0.717) is 11.5 Å². The van der Waals surface area contributed by atoms with Crippen LogP contribution in [-0.4, -0.2) is 65.6 Å². The van der Waals surface area contributed by atoms with Crippen molar-refractivity contribution in [2.45, 2.75) is 32.4 Å². The van der Waals surface area contributed by atoms with Gasteiger partial charge in [0.2, 0.25) is 5.91 Å². The molecule has 2 N–H and O–H groups in total. The van der Waals surface area contributed by atoms with E-state index < -0.39 is 22.9 Å². The van der Waals surface area contributed by atoms with Gasteiger partial charge in [0.1, 0.15) is 10.7 Å². The first-order chi connectivity index (χ1) is 17.4. The average Bonchev–Trinajstić information content (AvgIpc) is 3.36. The lowest BCUT2D eigenvalue weighted by Crippen LogP contribution is -2.39. The number of nitrogens with zero attached hydrogens (tertiary/aromatic N) is 2. The van der Waals surface area contributed by atoms with Crippen LogP contribution in [0.15, 0.2) is 58.5 Å². The van der Waals surface area contributed by atoms with Gasteiger partial charge in [-0.05, 0) is 57.1 Å². The first kappa shape index (κ1) is 27.3. The Morgan fingerprint density at radius 3 is 2.64 bits per heavy atom. The second kappa shape index (κ2) is 14.3. The largest absolute Gasteiger partial charge is 0.467 e. The summed E-state index contributed by atoms with van der Waals surface area (Å²) in [5.41, 5.74) is 1.13. The van der Waals surface area contributed by atoms with Gasteiger partial charge in [0.05, 0.1) is 11.8 Å². The topological polar surface area (TPSA) is 127 Å². The molecule has 0 aliphatic carbocycles. The zero-order chi connectivity index (χ0) is 25.8. The van der Waals surface area contributed by atoms with Gasteiger partial charge in [-0.3, -0.25) is 24.6 Å². The van der Waals surface area contributed by atoms with Crippen molar-refractivity contribution in [2.24, 2.45) is 0 Å². The highest BCUT2D eigenvalue weighted by molar-refractivity contribution is 7.99. The molecular formula is C25H32N4O6S. The highest BCUT2D eigenvalue weighted by atomic mass is 32.2. The number of piperidine rings is 1. The first-order valence-electron chi connectivity index (χ1n) is 11.9. The highest BCUT2D eigenvalue weighted by Crippen LogP contribution is 2.16. The SMILES string of the molecule is C/C(=C/C(NC(=O)CSCCNC(=O)c1ccc([N+](=O)[O-])o1)Oc1ccccc1)CN1CCCCC1. The van der Waals surface area contributed by atoms with Gasteiger partial charge in [-0.1, -0.05) is 30.2 Å². The summed E-state index contributed by atoms with van der Waals surface area (Å²) in [5, 5.41) is 16.2. The van der Waals surface area contributed by atoms with Crippen LogP contribution in [0.5, 0.6) is 5.75 Å². The van der Waals surface area contributed by atoms with Gasteiger partial charge in [-0.15, -0.1) is 0 Å². The number of nitrogens with one attached hydrogen (secondary N) is 2. The first-order valence-corrected chi connectivity index (χ1v) is 13.1. The van der Waals surface area contributed by atoms with E-state index in [0.717, 1.165) is 31.3 Å². The summed E-state index contributed by atoms with van der Waals surface area (Å²) in [4.78, 5) is 36.9. The number of hydrogen-bond donors (Lipinski definition) is 2. The van der Waals surface area contributed by atoms with E-state index in [1.54, 1.807) is 0 Å². The maximum absolute atomic E-state index is 12.6. The molecule has 36 heavy (non-hydrogen) atoms. The maximum atomic E-state index is 12.6. The molecule has 10 nitrogen and oxygen atoms in total. The van der Waals surface area contributed by atoms with Crippen molar-refractivity contribution in [3.05, 3.63) is 70.0 Å². The van der Waals surface area contributed by atoms with E-state index in [-0.39, 0.29) is 24.0 Å². The predicted molar refractivity (Wildman–Crippen MR) is 138 cm³/mol. The second-order valence-electron chi connectivity index (χ2n) is 8.47. The second-order valence-corrected chi connectivity index (χ2v) is 9.58. The Kier molecular flexibility index (Phi) is 10.8. The summed E-state index contributed by atoms with van der Waals surface area (Å²) in [6.07, 6.45) is 5.06. The number of amides is 2. The van der Waals surface area contributed by atoms with Crippen LogP contribution in [0.2, 0.25) is 0 Å². The third-order valence-corrected chi connectivity index (χ3v) is 6.39. The summed E-state index contributed by atoms with van der Waals surface area (Å²) in [6, 6.07) is 11.7. The van der Waals surface area contributed by atoms with E-state index in [4.69, 9.17) is 9.15 Å². The Hall–Kier alpha value is -3.31. The third kappa shape index (κ3) is 9.38. The van der Waals surface area contributed by atoms with Crippen molar-refractivity contribution in [1.82, 2.24) is 15.5 Å². The zero-order valence-electron chi connectivity index (χ0n) is 20.3. The number of benzene rings is 1. The zero-order valence-corrected chi connectivity index (χ0v) is 21.1. The molecule has 1 unspecified atom stereocenters. The number of hydrogen-bond acceptors (Lipinski definition) is 8. The molecule has 11 heteroatoms. The van der Waals surface area contributed by atoms with Crippen LogP contribution in [0, 0.1) is 10.1 Å².